The molecule has 752 valence electrons. The van der Waals surface area contributed by atoms with Gasteiger partial charge < -0.3 is 14.1 Å². The van der Waals surface area contributed by atoms with Crippen molar-refractivity contribution in [3.05, 3.63) is 372 Å². The number of hydrogen-bond donors (Lipinski definition) is 0. The third-order valence-electron chi connectivity index (χ3n) is 23.4. The van der Waals surface area contributed by atoms with Gasteiger partial charge in [-0.25, -0.2) is 18.0 Å². The van der Waals surface area contributed by atoms with Gasteiger partial charge in [-0.05, 0) is 266 Å². The molecule has 13 heteroatoms. The lowest BCUT2D eigenvalue weighted by Gasteiger charge is -2.22. The Bertz CT molecular complexity index is 5850. The molecule has 2 atom stereocenters. The quantitative estimate of drug-likeness (QED) is 0.0760. The lowest BCUT2D eigenvalue weighted by molar-refractivity contribution is -0.145. The van der Waals surface area contributed by atoms with Crippen molar-refractivity contribution in [2.75, 3.05) is 20.7 Å². The van der Waals surface area contributed by atoms with E-state index in [0.29, 0.717) is 22.4 Å². The Balaban J connectivity index is 0.000000394. The molecule has 12 aromatic rings. The maximum Gasteiger partial charge on any atom is 0.416 e. The van der Waals surface area contributed by atoms with Crippen LogP contribution >= 0.6 is 15.9 Å². The minimum Gasteiger partial charge on any atom is -0.466 e. The molecule has 1 aromatic heterocycles. The number of halogens is 7. The van der Waals surface area contributed by atoms with Crippen molar-refractivity contribution in [2.24, 2.45) is 22.7 Å². The lowest BCUT2D eigenvalue weighted by atomic mass is 9.82. The van der Waals surface area contributed by atoms with Crippen molar-refractivity contribution < 1.29 is 40.3 Å². The highest BCUT2D eigenvalue weighted by Gasteiger charge is 2.50. The van der Waals surface area contributed by atoms with Gasteiger partial charge in [-0.3, -0.25) is 4.79 Å². The lowest BCUT2D eigenvalue weighted by Crippen LogP contribution is -2.15. The second-order valence-electron chi connectivity index (χ2n) is 45.9. The number of fused-ring (bicyclic) bond motifs is 6. The third kappa shape index (κ3) is 41.9. The number of carbonyl (C=O) groups excluding carboxylic acids is 1. The number of hydrogen-bond acceptors (Lipinski definition) is 5. The average molecular weight is 1960 g/mol. The van der Waals surface area contributed by atoms with Crippen molar-refractivity contribution in [1.82, 2.24) is 4.90 Å². The largest absolute Gasteiger partial charge is 0.466 e. The molecule has 1 fully saturated rings. The van der Waals surface area contributed by atoms with Crippen molar-refractivity contribution in [3.8, 4) is 17.2 Å². The number of nitriles is 1. The van der Waals surface area contributed by atoms with Gasteiger partial charge in [0.15, 0.2) is 5.69 Å². The van der Waals surface area contributed by atoms with Crippen molar-refractivity contribution in [2.45, 2.75) is 318 Å². The molecule has 0 N–H and O–H groups in total. The number of para-hydroxylation sites is 1. The topological polar surface area (TPSA) is 70.8 Å². The predicted octanol–water partition coefficient (Wildman–Crippen LogP) is 38.3. The molecule has 0 radical (unpaired) electrons. The number of esters is 1. The molecule has 2 aliphatic rings. The zero-order valence-corrected chi connectivity index (χ0v) is 93.0. The van der Waals surface area contributed by atoms with Crippen molar-refractivity contribution >= 4 is 49.1 Å². The molecule has 14 rings (SSSR count). The molecule has 2 unspecified atom stereocenters. The summed E-state index contributed by atoms with van der Waals surface area (Å²) in [5.41, 5.74) is 18.4. The highest BCUT2D eigenvalue weighted by Crippen LogP contribution is 2.51. The van der Waals surface area contributed by atoms with E-state index < -0.39 is 11.7 Å². The first-order valence-corrected chi connectivity index (χ1v) is 49.6. The molecule has 139 heavy (non-hydrogen) atoms. The number of ether oxygens (including phenoxy) is 1. The Labute approximate surface area is 844 Å². The zero-order chi connectivity index (χ0) is 106. The molecule has 0 amide bonds. The van der Waals surface area contributed by atoms with Gasteiger partial charge in [0, 0.05) is 25.9 Å². The van der Waals surface area contributed by atoms with Crippen LogP contribution < -0.4 is 0 Å². The van der Waals surface area contributed by atoms with E-state index in [4.69, 9.17) is 21.0 Å². The maximum absolute atomic E-state index is 13.1. The Morgan fingerprint density at radius 2 is 0.914 bits per heavy atom. The summed E-state index contributed by atoms with van der Waals surface area (Å²) in [7, 11) is 4.10. The molecule has 6 nitrogen and oxygen atoms in total. The molecule has 0 spiro atoms. The molecule has 0 aliphatic heterocycles. The number of allylic oxidation sites excluding steroid dienone is 1. The van der Waals surface area contributed by atoms with Crippen LogP contribution in [0.15, 0.2) is 269 Å². The van der Waals surface area contributed by atoms with Gasteiger partial charge in [0.05, 0.1) is 40.8 Å². The average Bonchev–Trinajstić information content (AvgIpc) is 1.30. The van der Waals surface area contributed by atoms with Crippen LogP contribution in [0.2, 0.25) is 0 Å². The van der Waals surface area contributed by atoms with Crippen LogP contribution in [0.5, 0.6) is 0 Å². The number of benzene rings is 11. The van der Waals surface area contributed by atoms with E-state index >= 15 is 0 Å². The van der Waals surface area contributed by atoms with Crippen LogP contribution in [-0.4, -0.2) is 31.6 Å². The highest BCUT2D eigenvalue weighted by atomic mass is 79.9. The highest BCUT2D eigenvalue weighted by molar-refractivity contribution is 9.10. The monoisotopic (exact) mass is 1960 g/mol. The Hall–Kier alpha value is -10.7. The molecular weight excluding hydrogens is 1800 g/mol. The second-order valence-corrected chi connectivity index (χ2v) is 46.8. The van der Waals surface area contributed by atoms with Crippen molar-refractivity contribution in [1.29, 1.82) is 5.26 Å². The molecule has 0 bridgehead atoms. The number of rotatable bonds is 4. The molecular formula is C126H166BrF6N3O3. The van der Waals surface area contributed by atoms with E-state index in [1.165, 1.54) is 108 Å². The number of carbonyl (C=O) groups is 1. The zero-order valence-electron chi connectivity index (χ0n) is 91.4. The normalized spacial score (nSPS) is 13.3. The van der Waals surface area contributed by atoms with Gasteiger partial charge in [0.1, 0.15) is 29.0 Å². The molecule has 1 heterocycles. The Morgan fingerprint density at radius 3 is 1.32 bits per heavy atom. The molecule has 11 aromatic carbocycles. The standard InChI is InChI=1S/C18H18.C14H12.C11H13F3.2C11H13N.C10H12BrF.2C10H13F.C10H18O2.C10H16O.C9H19N.C2H6/c1-18(2,3)17-12-13-8-4-5-9-14(13)15-10-6-7-11-16(15)17;1-10-6-7-14-12(8-10)9-11-4-2-3-5-13(11)14;1-10(2,3)8-4-6-9(7-5-8)11(12,13)14;1-11(2,3)9-7-5-6-8-10(9)12-4;1-11(2,3)10-6-4-9(8-12)5-7-10;1-10(2,3)7-4-5-9(12)8(11)6-7;1-10(2,3)8-4-6-9(11)7-5-8;1-10(2,3)8-6-4-5-7-9(8)11;1-5-12-9(11)7-6-8(7)10(2,3)4;1-5-8-6-7-9(11-8)10(2,3)4;1-8(7-10(5)6)9(2,3)4;1-2/h4-12H,1-3H3;2-8H,9H2,1H3;4-7H,1-3H3;5-8H,1-3H3;4-7H,1-3H3;4-6H,1-3H3;2*4-7H,1-3H3;7-8H,5-6H2,1-4H3;6-7H,5H2,1-4H3;7H,1-6H3;1-2H3/b;;;;;;;;;;8-7+;. The second kappa shape index (κ2) is 53.2. The first kappa shape index (κ1) is 122. The van der Waals surface area contributed by atoms with Crippen LogP contribution in [0.25, 0.3) is 37.5 Å². The van der Waals surface area contributed by atoms with Gasteiger partial charge in [0.2, 0.25) is 0 Å². The van der Waals surface area contributed by atoms with Gasteiger partial charge >= 0.3 is 12.1 Å². The number of nitrogens with zero attached hydrogens (tertiary/aromatic N) is 3. The summed E-state index contributed by atoms with van der Waals surface area (Å²) in [4.78, 5) is 16.8. The van der Waals surface area contributed by atoms with E-state index in [1.54, 1.807) is 6.07 Å². The summed E-state index contributed by atoms with van der Waals surface area (Å²) < 4.78 is 86.1. The summed E-state index contributed by atoms with van der Waals surface area (Å²) in [6.45, 7) is 83.7. The minimum absolute atomic E-state index is 0.00238. The van der Waals surface area contributed by atoms with Gasteiger partial charge in [-0.2, -0.15) is 18.4 Å². The van der Waals surface area contributed by atoms with Gasteiger partial charge in [-0.1, -0.05) is 416 Å². The summed E-state index contributed by atoms with van der Waals surface area (Å²) in [5.74, 6) is 2.39. The van der Waals surface area contributed by atoms with Crippen LogP contribution in [0.1, 0.15) is 327 Å². The summed E-state index contributed by atoms with van der Waals surface area (Å²) in [6, 6.07) is 80.9. The summed E-state index contributed by atoms with van der Waals surface area (Å²) in [6.07, 6.45) is 1.03. The first-order chi connectivity index (χ1) is 64.0. The van der Waals surface area contributed by atoms with E-state index in [0.717, 1.165) is 76.4 Å². The molecule has 0 saturated heterocycles. The number of aryl methyl sites for hydroxylation is 2. The molecule has 2 aliphatic carbocycles. The summed E-state index contributed by atoms with van der Waals surface area (Å²) >= 11 is 3.16. The van der Waals surface area contributed by atoms with E-state index in [1.807, 2.05) is 147 Å². The van der Waals surface area contributed by atoms with Gasteiger partial charge in [-0.15, -0.1) is 0 Å². The Kier molecular flexibility index (Phi) is 46.9. The number of alkyl halides is 3. The van der Waals surface area contributed by atoms with E-state index in [2.05, 4.69) is 348 Å². The van der Waals surface area contributed by atoms with Gasteiger partial charge in [0.25, 0.3) is 0 Å². The van der Waals surface area contributed by atoms with Crippen LogP contribution in [0.3, 0.4) is 0 Å². The predicted molar refractivity (Wildman–Crippen MR) is 587 cm³/mol. The smallest absolute Gasteiger partial charge is 0.416 e. The fraction of sp³-hybridized carbons (Fsp3) is 0.437. The Morgan fingerprint density at radius 1 is 0.475 bits per heavy atom. The number of furan rings is 1. The fourth-order valence-corrected chi connectivity index (χ4v) is 14.9. The third-order valence-corrected chi connectivity index (χ3v) is 24.0. The van der Waals surface area contributed by atoms with E-state index in [9.17, 15) is 31.1 Å². The minimum atomic E-state index is -4.24. The van der Waals surface area contributed by atoms with Crippen LogP contribution in [-0.2, 0) is 71.9 Å². The molecule has 1 saturated carbocycles. The SMILES string of the molecule is C/C(=C\N(C)C)C(C)(C)C.CC.CC(C)(C)c1cc2ccccc2c2ccccc12.CC(C)(C)c1ccc(C#N)cc1.CC(C)(C)c1ccc(C(F)(F)F)cc1.CC(C)(C)c1ccc(F)c(Br)c1.CC(C)(C)c1ccc(F)cc1.CC(C)(C)c1ccccc1F.CCOC(=O)C1CC1C(C)(C)C.CCc1ccc(C(C)(C)C)o1.Cc1ccc2c(c1)Cc1ccccc1-2.[C-]#[N+]c1ccccc1C(C)(C)C. The summed E-state index contributed by atoms with van der Waals surface area (Å²) in [5, 5.41) is 14.0. The van der Waals surface area contributed by atoms with Crippen molar-refractivity contribution in [3.63, 3.8) is 0 Å². The fourth-order valence-electron chi connectivity index (χ4n) is 14.6. The van der Waals surface area contributed by atoms with Crippen LogP contribution in [0.4, 0.5) is 32.0 Å². The first-order valence-electron chi connectivity index (χ1n) is 48.8. The van der Waals surface area contributed by atoms with E-state index in [-0.39, 0.29) is 78.1 Å². The maximum atomic E-state index is 13.1. The van der Waals surface area contributed by atoms with Crippen LogP contribution in [0, 0.1) is 64.9 Å².